The SMILES string of the molecule is CCCCCCC(NC1CCCCCC1)C(N)=O. The Labute approximate surface area is 112 Å². The van der Waals surface area contributed by atoms with Crippen LogP contribution in [0.15, 0.2) is 0 Å². The van der Waals surface area contributed by atoms with Crippen LogP contribution in [0.3, 0.4) is 0 Å². The fourth-order valence-corrected chi connectivity index (χ4v) is 2.81. The molecule has 3 N–H and O–H groups in total. The highest BCUT2D eigenvalue weighted by molar-refractivity contribution is 5.79. The average molecular weight is 254 g/mol. The Morgan fingerprint density at radius 3 is 2.39 bits per heavy atom. The van der Waals surface area contributed by atoms with Crippen LogP contribution in [0.1, 0.15) is 77.6 Å². The van der Waals surface area contributed by atoms with Crippen molar-refractivity contribution in [2.45, 2.75) is 89.6 Å². The lowest BCUT2D eigenvalue weighted by Crippen LogP contribution is -2.46. The fourth-order valence-electron chi connectivity index (χ4n) is 2.81. The molecule has 18 heavy (non-hydrogen) atoms. The summed E-state index contributed by atoms with van der Waals surface area (Å²) in [6, 6.07) is 0.404. The van der Waals surface area contributed by atoms with Crippen LogP contribution in [0.25, 0.3) is 0 Å². The molecule has 0 aromatic rings. The highest BCUT2D eigenvalue weighted by Gasteiger charge is 2.20. The molecule has 1 saturated carbocycles. The normalized spacial score (nSPS) is 19.4. The Bertz CT molecular complexity index is 223. The van der Waals surface area contributed by atoms with Crippen molar-refractivity contribution in [2.75, 3.05) is 0 Å². The molecule has 0 aromatic carbocycles. The number of hydrogen-bond acceptors (Lipinski definition) is 2. The summed E-state index contributed by atoms with van der Waals surface area (Å²) in [6.07, 6.45) is 13.4. The van der Waals surface area contributed by atoms with Crippen molar-refractivity contribution < 1.29 is 4.79 Å². The minimum atomic E-state index is -0.171. The van der Waals surface area contributed by atoms with Gasteiger partial charge in [0.1, 0.15) is 0 Å². The third kappa shape index (κ3) is 6.39. The molecule has 1 rings (SSSR count). The molecule has 1 aliphatic carbocycles. The van der Waals surface area contributed by atoms with E-state index >= 15 is 0 Å². The molecule has 0 aromatic heterocycles. The summed E-state index contributed by atoms with van der Waals surface area (Å²) in [5.41, 5.74) is 5.51. The zero-order valence-electron chi connectivity index (χ0n) is 11.9. The Balaban J connectivity index is 2.29. The lowest BCUT2D eigenvalue weighted by Gasteiger charge is -2.22. The molecular weight excluding hydrogens is 224 g/mol. The van der Waals surface area contributed by atoms with Crippen LogP contribution in [-0.2, 0) is 4.79 Å². The number of amides is 1. The topological polar surface area (TPSA) is 55.1 Å². The van der Waals surface area contributed by atoms with Crippen LogP contribution in [0.4, 0.5) is 0 Å². The summed E-state index contributed by atoms with van der Waals surface area (Å²) in [7, 11) is 0. The first-order valence-electron chi connectivity index (χ1n) is 7.79. The Morgan fingerprint density at radius 1 is 1.17 bits per heavy atom. The van der Waals surface area contributed by atoms with Crippen LogP contribution in [0, 0.1) is 0 Å². The van der Waals surface area contributed by atoms with Gasteiger partial charge in [0.05, 0.1) is 6.04 Å². The van der Waals surface area contributed by atoms with Gasteiger partial charge in [0, 0.05) is 6.04 Å². The molecule has 0 radical (unpaired) electrons. The zero-order chi connectivity index (χ0) is 13.2. The van der Waals surface area contributed by atoms with E-state index in [9.17, 15) is 4.79 Å². The van der Waals surface area contributed by atoms with E-state index in [4.69, 9.17) is 5.73 Å². The van der Waals surface area contributed by atoms with Gasteiger partial charge >= 0.3 is 0 Å². The molecular formula is C15H30N2O. The maximum Gasteiger partial charge on any atom is 0.234 e. The predicted molar refractivity (Wildman–Crippen MR) is 76.4 cm³/mol. The minimum absolute atomic E-state index is 0.107. The molecule has 1 unspecified atom stereocenters. The van der Waals surface area contributed by atoms with Crippen LogP contribution >= 0.6 is 0 Å². The van der Waals surface area contributed by atoms with Crippen LogP contribution in [0.5, 0.6) is 0 Å². The highest BCUT2D eigenvalue weighted by Crippen LogP contribution is 2.18. The van der Waals surface area contributed by atoms with E-state index in [-0.39, 0.29) is 11.9 Å². The summed E-state index contributed by atoms with van der Waals surface area (Å²) in [6.45, 7) is 2.20. The van der Waals surface area contributed by atoms with Crippen molar-refractivity contribution >= 4 is 5.91 Å². The lowest BCUT2D eigenvalue weighted by atomic mass is 10.0. The van der Waals surface area contributed by atoms with E-state index in [2.05, 4.69) is 12.2 Å². The van der Waals surface area contributed by atoms with Gasteiger partial charge in [-0.05, 0) is 19.3 Å². The number of nitrogens with one attached hydrogen (secondary N) is 1. The molecule has 0 heterocycles. The van der Waals surface area contributed by atoms with E-state index in [1.54, 1.807) is 0 Å². The Morgan fingerprint density at radius 2 is 1.83 bits per heavy atom. The first-order chi connectivity index (χ1) is 8.74. The predicted octanol–water partition coefficient (Wildman–Crippen LogP) is 3.12. The second kappa shape index (κ2) is 9.37. The number of primary amides is 1. The van der Waals surface area contributed by atoms with Crippen molar-refractivity contribution in [2.24, 2.45) is 5.73 Å². The number of unbranched alkanes of at least 4 members (excludes halogenated alkanes) is 3. The molecule has 0 spiro atoms. The van der Waals surface area contributed by atoms with E-state index in [0.29, 0.717) is 6.04 Å². The van der Waals surface area contributed by atoms with Gasteiger partial charge in [0.2, 0.25) is 5.91 Å². The van der Waals surface area contributed by atoms with Crippen molar-refractivity contribution in [1.82, 2.24) is 5.32 Å². The first-order valence-corrected chi connectivity index (χ1v) is 7.79. The fraction of sp³-hybridized carbons (Fsp3) is 0.933. The Hall–Kier alpha value is -0.570. The monoisotopic (exact) mass is 254 g/mol. The molecule has 3 heteroatoms. The van der Waals surface area contributed by atoms with Gasteiger partial charge < -0.3 is 11.1 Å². The van der Waals surface area contributed by atoms with Gasteiger partial charge in [0.25, 0.3) is 0 Å². The quantitative estimate of drug-likeness (QED) is 0.516. The van der Waals surface area contributed by atoms with Crippen molar-refractivity contribution in [3.63, 3.8) is 0 Å². The molecule has 0 saturated heterocycles. The first kappa shape index (κ1) is 15.5. The zero-order valence-corrected chi connectivity index (χ0v) is 11.9. The van der Waals surface area contributed by atoms with Crippen molar-refractivity contribution in [3.8, 4) is 0 Å². The standard InChI is InChI=1S/C15H30N2O/c1-2-3-4-9-12-14(15(16)18)17-13-10-7-5-6-8-11-13/h13-14,17H,2-12H2,1H3,(H2,16,18). The summed E-state index contributed by atoms with van der Waals surface area (Å²) >= 11 is 0. The largest absolute Gasteiger partial charge is 0.368 e. The molecule has 1 aliphatic rings. The van der Waals surface area contributed by atoms with Crippen LogP contribution in [0.2, 0.25) is 0 Å². The smallest absolute Gasteiger partial charge is 0.234 e. The summed E-state index contributed by atoms with van der Waals surface area (Å²) in [4.78, 5) is 11.5. The summed E-state index contributed by atoms with van der Waals surface area (Å²) in [5.74, 6) is -0.171. The average Bonchev–Trinajstić information content (AvgIpc) is 2.61. The maximum atomic E-state index is 11.5. The van der Waals surface area contributed by atoms with Gasteiger partial charge in [-0.2, -0.15) is 0 Å². The van der Waals surface area contributed by atoms with Crippen molar-refractivity contribution in [1.29, 1.82) is 0 Å². The van der Waals surface area contributed by atoms with E-state index in [1.807, 2.05) is 0 Å². The molecule has 1 fully saturated rings. The number of carbonyl (C=O) groups is 1. The highest BCUT2D eigenvalue weighted by atomic mass is 16.1. The number of carbonyl (C=O) groups excluding carboxylic acids is 1. The van der Waals surface area contributed by atoms with Gasteiger partial charge in [-0.25, -0.2) is 0 Å². The molecule has 1 amide bonds. The Kier molecular flexibility index (Phi) is 8.06. The van der Waals surface area contributed by atoms with Crippen LogP contribution in [-0.4, -0.2) is 18.0 Å². The molecule has 0 bridgehead atoms. The molecule has 106 valence electrons. The lowest BCUT2D eigenvalue weighted by molar-refractivity contribution is -0.120. The van der Waals surface area contributed by atoms with Gasteiger partial charge in [-0.15, -0.1) is 0 Å². The third-order valence-corrected chi connectivity index (χ3v) is 3.98. The number of rotatable bonds is 8. The third-order valence-electron chi connectivity index (χ3n) is 3.98. The summed E-state index contributed by atoms with van der Waals surface area (Å²) in [5, 5.41) is 3.50. The second-order valence-electron chi connectivity index (χ2n) is 5.66. The maximum absolute atomic E-state index is 11.5. The number of hydrogen-bond donors (Lipinski definition) is 2. The molecule has 0 aliphatic heterocycles. The van der Waals surface area contributed by atoms with Gasteiger partial charge in [-0.1, -0.05) is 58.3 Å². The van der Waals surface area contributed by atoms with Gasteiger partial charge in [0.15, 0.2) is 0 Å². The van der Waals surface area contributed by atoms with E-state index in [0.717, 1.165) is 12.8 Å². The van der Waals surface area contributed by atoms with Crippen molar-refractivity contribution in [3.05, 3.63) is 0 Å². The second-order valence-corrected chi connectivity index (χ2v) is 5.66. The molecule has 1 atom stereocenters. The molecule has 3 nitrogen and oxygen atoms in total. The van der Waals surface area contributed by atoms with E-state index in [1.165, 1.54) is 57.8 Å². The van der Waals surface area contributed by atoms with Crippen LogP contribution < -0.4 is 11.1 Å². The minimum Gasteiger partial charge on any atom is -0.368 e. The summed E-state index contributed by atoms with van der Waals surface area (Å²) < 4.78 is 0. The number of nitrogens with two attached hydrogens (primary N) is 1. The van der Waals surface area contributed by atoms with Gasteiger partial charge in [-0.3, -0.25) is 4.79 Å². The van der Waals surface area contributed by atoms with E-state index < -0.39 is 0 Å².